The summed E-state index contributed by atoms with van der Waals surface area (Å²) >= 11 is 0. The summed E-state index contributed by atoms with van der Waals surface area (Å²) in [7, 11) is 0. The maximum atomic E-state index is 14.5. The molecule has 9 rings (SSSR count). The van der Waals surface area contributed by atoms with Crippen molar-refractivity contribution in [2.24, 2.45) is 0 Å². The van der Waals surface area contributed by atoms with Gasteiger partial charge in [-0.1, -0.05) is 163 Å². The largest absolute Gasteiger partial charge is 0.573 e. The van der Waals surface area contributed by atoms with Crippen molar-refractivity contribution in [1.29, 1.82) is 0 Å². The number of ether oxygens (including phenoxy) is 1. The first-order chi connectivity index (χ1) is 27.7. The normalized spacial score (nSPS) is 13.5. The Kier molecular flexibility index (Phi) is 8.84. The molecule has 0 aliphatic carbocycles. The standard InChI is InChI=1S/C51H44BF3N2O/c1-49(2,3)35-25-27-40-44(29-35)56(42-23-15-13-21-38(42)33-17-9-7-10-18-33)46-31-37(58-51(53,54)55)32-47-48(46)52(40)41-28-26-36(50(4,5)6)30-45(41)57(47)43-24-16-14-22-39(43)34-19-11-8-12-20-34/h7-32H,1-6H3. The number of halogens is 3. The molecule has 2 aliphatic rings. The summed E-state index contributed by atoms with van der Waals surface area (Å²) < 4.78 is 48.5. The monoisotopic (exact) mass is 768 g/mol. The molecule has 0 amide bonds. The molecule has 2 aliphatic heterocycles. The Balaban J connectivity index is 1.43. The molecule has 288 valence electrons. The van der Waals surface area contributed by atoms with Crippen molar-refractivity contribution in [3.8, 4) is 28.0 Å². The molecule has 7 aromatic carbocycles. The number of nitrogens with zero attached hydrogens (tertiary/aromatic N) is 2. The maximum Gasteiger partial charge on any atom is 0.573 e. The molecule has 0 bridgehead atoms. The Morgan fingerprint density at radius 3 is 1.22 bits per heavy atom. The third kappa shape index (κ3) is 6.53. The SMILES string of the molecule is CC(C)(C)c1ccc2c(c1)N(c1ccccc1-c1ccccc1)c1cc(OC(F)(F)F)cc3c1B2c1ccc(C(C)(C)C)cc1N3c1ccccc1-c1ccccc1. The fourth-order valence-corrected chi connectivity index (χ4v) is 8.67. The summed E-state index contributed by atoms with van der Waals surface area (Å²) in [5, 5.41) is 0. The molecule has 7 heteroatoms. The zero-order valence-electron chi connectivity index (χ0n) is 33.5. The van der Waals surface area contributed by atoms with Crippen molar-refractivity contribution in [3.63, 3.8) is 0 Å². The highest BCUT2D eigenvalue weighted by Crippen LogP contribution is 2.50. The summed E-state index contributed by atoms with van der Waals surface area (Å²) in [6, 6.07) is 53.1. The number of alkyl halides is 3. The number of hydrogen-bond donors (Lipinski definition) is 0. The average Bonchev–Trinajstić information content (AvgIpc) is 3.19. The second-order valence-corrected chi connectivity index (χ2v) is 17.3. The van der Waals surface area contributed by atoms with Crippen LogP contribution in [0.2, 0.25) is 0 Å². The van der Waals surface area contributed by atoms with Gasteiger partial charge in [-0.3, -0.25) is 0 Å². The van der Waals surface area contributed by atoms with E-state index in [0.29, 0.717) is 11.4 Å². The van der Waals surface area contributed by atoms with E-state index < -0.39 is 6.36 Å². The van der Waals surface area contributed by atoms with Crippen LogP contribution in [0.3, 0.4) is 0 Å². The number of rotatable bonds is 5. The summed E-state index contributed by atoms with van der Waals surface area (Å²) in [6.45, 7) is 12.8. The van der Waals surface area contributed by atoms with Crippen molar-refractivity contribution in [1.82, 2.24) is 0 Å². The third-order valence-electron chi connectivity index (χ3n) is 11.5. The van der Waals surface area contributed by atoms with Crippen molar-refractivity contribution in [2.45, 2.75) is 58.7 Å². The first kappa shape index (κ1) is 37.4. The topological polar surface area (TPSA) is 15.7 Å². The lowest BCUT2D eigenvalue weighted by Gasteiger charge is -2.45. The van der Waals surface area contributed by atoms with Crippen LogP contribution in [-0.4, -0.2) is 13.1 Å². The fraction of sp³-hybridized carbons (Fsp3) is 0.176. The van der Waals surface area contributed by atoms with Crippen LogP contribution in [0.25, 0.3) is 22.3 Å². The van der Waals surface area contributed by atoms with Crippen LogP contribution < -0.4 is 30.9 Å². The van der Waals surface area contributed by atoms with E-state index in [1.807, 2.05) is 60.7 Å². The summed E-state index contributed by atoms with van der Waals surface area (Å²) in [4.78, 5) is 4.34. The minimum atomic E-state index is -4.92. The van der Waals surface area contributed by atoms with Gasteiger partial charge >= 0.3 is 6.36 Å². The third-order valence-corrected chi connectivity index (χ3v) is 11.5. The molecule has 0 fully saturated rings. The van der Waals surface area contributed by atoms with Crippen molar-refractivity contribution < 1.29 is 17.9 Å². The minimum absolute atomic E-state index is 0.198. The maximum absolute atomic E-state index is 14.5. The molecule has 2 heterocycles. The molecule has 3 nitrogen and oxygen atoms in total. The second-order valence-electron chi connectivity index (χ2n) is 17.3. The molecule has 0 saturated carbocycles. The van der Waals surface area contributed by atoms with Crippen molar-refractivity contribution in [2.75, 3.05) is 9.80 Å². The van der Waals surface area contributed by atoms with Crippen molar-refractivity contribution >= 4 is 57.2 Å². The van der Waals surface area contributed by atoms with E-state index in [-0.39, 0.29) is 23.3 Å². The van der Waals surface area contributed by atoms with E-state index in [1.165, 1.54) is 0 Å². The lowest BCUT2D eigenvalue weighted by Crippen LogP contribution is -2.61. The summed E-state index contributed by atoms with van der Waals surface area (Å²) in [6.07, 6.45) is -4.92. The van der Waals surface area contributed by atoms with Crippen molar-refractivity contribution in [3.05, 3.63) is 169 Å². The second kappa shape index (κ2) is 13.7. The molecule has 0 saturated heterocycles. The van der Waals surface area contributed by atoms with Crippen LogP contribution in [0.5, 0.6) is 5.75 Å². The highest BCUT2D eigenvalue weighted by atomic mass is 19.4. The van der Waals surface area contributed by atoms with Gasteiger partial charge in [0.05, 0.1) is 11.4 Å². The summed E-state index contributed by atoms with van der Waals surface area (Å²) in [5.41, 5.74) is 13.7. The molecule has 0 radical (unpaired) electrons. The van der Waals surface area contributed by atoms with Gasteiger partial charge in [-0.2, -0.15) is 0 Å². The Bertz CT molecular complexity index is 2510. The van der Waals surface area contributed by atoms with E-state index in [0.717, 1.165) is 72.5 Å². The van der Waals surface area contributed by atoms with Gasteiger partial charge in [0.15, 0.2) is 0 Å². The van der Waals surface area contributed by atoms with Gasteiger partial charge in [-0.05, 0) is 73.7 Å². The minimum Gasteiger partial charge on any atom is -0.406 e. The molecular weight excluding hydrogens is 724 g/mol. The van der Waals surface area contributed by atoms with Gasteiger partial charge in [0.1, 0.15) is 5.75 Å². The molecule has 0 spiro atoms. The number of anilines is 6. The highest BCUT2D eigenvalue weighted by molar-refractivity contribution is 7.00. The van der Waals surface area contributed by atoms with E-state index in [2.05, 4.69) is 136 Å². The number of benzene rings is 7. The molecule has 0 N–H and O–H groups in total. The Labute approximate surface area is 339 Å². The van der Waals surface area contributed by atoms with Crippen LogP contribution in [0, 0.1) is 0 Å². The fourth-order valence-electron chi connectivity index (χ4n) is 8.67. The molecule has 7 aromatic rings. The van der Waals surface area contributed by atoms with E-state index in [4.69, 9.17) is 4.74 Å². The van der Waals surface area contributed by atoms with Crippen LogP contribution in [0.4, 0.5) is 47.3 Å². The van der Waals surface area contributed by atoms with Gasteiger partial charge in [-0.15, -0.1) is 13.2 Å². The predicted octanol–water partition coefficient (Wildman–Crippen LogP) is 12.6. The van der Waals surface area contributed by atoms with Gasteiger partial charge in [0.25, 0.3) is 6.71 Å². The number of fused-ring (bicyclic) bond motifs is 4. The number of para-hydroxylation sites is 2. The van der Waals surface area contributed by atoms with Crippen LogP contribution in [-0.2, 0) is 10.8 Å². The van der Waals surface area contributed by atoms with Gasteiger partial charge in [0, 0.05) is 46.0 Å². The smallest absolute Gasteiger partial charge is 0.406 e. The van der Waals surface area contributed by atoms with Crippen LogP contribution in [0.15, 0.2) is 158 Å². The molecule has 0 aromatic heterocycles. The van der Waals surface area contributed by atoms with Crippen LogP contribution >= 0.6 is 0 Å². The molecule has 0 unspecified atom stereocenters. The van der Waals surface area contributed by atoms with Gasteiger partial charge in [0.2, 0.25) is 0 Å². The number of hydrogen-bond acceptors (Lipinski definition) is 3. The van der Waals surface area contributed by atoms with Gasteiger partial charge < -0.3 is 14.5 Å². The Hall–Kier alpha value is -6.21. The van der Waals surface area contributed by atoms with E-state index in [1.54, 1.807) is 12.1 Å². The lowest BCUT2D eigenvalue weighted by molar-refractivity contribution is -0.274. The predicted molar refractivity (Wildman–Crippen MR) is 235 cm³/mol. The highest BCUT2D eigenvalue weighted by Gasteiger charge is 2.45. The lowest BCUT2D eigenvalue weighted by atomic mass is 9.33. The summed E-state index contributed by atoms with van der Waals surface area (Å²) in [5.74, 6) is -0.282. The first-order valence-corrected chi connectivity index (χ1v) is 19.8. The van der Waals surface area contributed by atoms with E-state index >= 15 is 0 Å². The molecule has 0 atom stereocenters. The zero-order valence-corrected chi connectivity index (χ0v) is 33.5. The first-order valence-electron chi connectivity index (χ1n) is 19.8. The molecular formula is C51H44BF3N2O. The van der Waals surface area contributed by atoms with E-state index in [9.17, 15) is 13.2 Å². The molecule has 58 heavy (non-hydrogen) atoms. The zero-order chi connectivity index (χ0) is 40.6. The Morgan fingerprint density at radius 2 is 0.828 bits per heavy atom. The average molecular weight is 769 g/mol. The van der Waals surface area contributed by atoms with Crippen LogP contribution in [0.1, 0.15) is 52.7 Å². The van der Waals surface area contributed by atoms with Gasteiger partial charge in [-0.25, -0.2) is 0 Å². The quantitative estimate of drug-likeness (QED) is 0.162. The Morgan fingerprint density at radius 1 is 0.431 bits per heavy atom.